The lowest BCUT2D eigenvalue weighted by molar-refractivity contribution is -0.156. The van der Waals surface area contributed by atoms with E-state index in [4.69, 9.17) is 37.4 Å². The normalized spacial score (nSPS) is 14.5. The van der Waals surface area contributed by atoms with Crippen LogP contribution in [0.15, 0.2) is 24.3 Å². The van der Waals surface area contributed by atoms with E-state index in [1.807, 2.05) is 0 Å². The number of hydrogen-bond donors (Lipinski definition) is 1. The van der Waals surface area contributed by atoms with E-state index in [1.54, 1.807) is 32.9 Å². The first-order valence-corrected chi connectivity index (χ1v) is 14.2. The first kappa shape index (κ1) is 34.9. The average molecular weight is 665 g/mol. The van der Waals surface area contributed by atoms with Crippen molar-refractivity contribution in [1.29, 1.82) is 0 Å². The van der Waals surface area contributed by atoms with E-state index in [2.05, 4.69) is 5.32 Å². The van der Waals surface area contributed by atoms with Crippen LogP contribution in [0.5, 0.6) is 5.75 Å². The lowest BCUT2D eigenvalue weighted by atomic mass is 9.95. The van der Waals surface area contributed by atoms with Gasteiger partial charge in [-0.2, -0.15) is 8.78 Å². The minimum atomic E-state index is -1.86. The monoisotopic (exact) mass is 664 g/mol. The number of nitrogens with one attached hydrogen (secondary N) is 1. The zero-order chi connectivity index (χ0) is 32.8. The first-order chi connectivity index (χ1) is 20.6. The van der Waals surface area contributed by atoms with E-state index < -0.39 is 83.4 Å². The number of hydrogen-bond acceptors (Lipinski definition) is 7. The SMILES string of the molecule is CC(C)(C)OC(=O)C[C@H](NC(=O)C1CCN(C(=O)OCc2ccc(Cl)cc2Cl)CC1)C(=O)COc1c(F)c(F)cc(F)c1F. The van der Waals surface area contributed by atoms with Gasteiger partial charge in [-0.05, 0) is 45.7 Å². The van der Waals surface area contributed by atoms with Crippen molar-refractivity contribution in [3.63, 3.8) is 0 Å². The highest BCUT2D eigenvalue weighted by atomic mass is 35.5. The van der Waals surface area contributed by atoms with Gasteiger partial charge in [0.05, 0.1) is 6.42 Å². The van der Waals surface area contributed by atoms with Crippen molar-refractivity contribution in [3.8, 4) is 5.75 Å². The molecule has 2 aromatic rings. The average Bonchev–Trinajstić information content (AvgIpc) is 2.94. The van der Waals surface area contributed by atoms with Gasteiger partial charge in [-0.25, -0.2) is 13.6 Å². The van der Waals surface area contributed by atoms with Crippen LogP contribution in [0.25, 0.3) is 0 Å². The molecule has 0 unspecified atom stereocenters. The Bertz CT molecular complexity index is 1390. The van der Waals surface area contributed by atoms with Gasteiger partial charge in [-0.15, -0.1) is 0 Å². The zero-order valence-corrected chi connectivity index (χ0v) is 25.5. The van der Waals surface area contributed by atoms with Crippen LogP contribution in [-0.2, 0) is 30.5 Å². The van der Waals surface area contributed by atoms with E-state index in [0.717, 1.165) is 0 Å². The molecule has 1 N–H and O–H groups in total. The number of carbonyl (C=O) groups is 4. The van der Waals surface area contributed by atoms with Gasteiger partial charge in [0.25, 0.3) is 0 Å². The highest BCUT2D eigenvalue weighted by molar-refractivity contribution is 6.35. The summed E-state index contributed by atoms with van der Waals surface area (Å²) < 4.78 is 70.3. The molecule has 1 aliphatic heterocycles. The summed E-state index contributed by atoms with van der Waals surface area (Å²) in [6, 6.07) is 3.16. The summed E-state index contributed by atoms with van der Waals surface area (Å²) >= 11 is 12.0. The maximum absolute atomic E-state index is 14.0. The van der Waals surface area contributed by atoms with Crippen LogP contribution in [0, 0.1) is 29.2 Å². The third-order valence-corrected chi connectivity index (χ3v) is 7.00. The number of likely N-dealkylation sites (tertiary alicyclic amines) is 1. The molecule has 240 valence electrons. The van der Waals surface area contributed by atoms with Gasteiger partial charge in [0.15, 0.2) is 23.2 Å². The summed E-state index contributed by atoms with van der Waals surface area (Å²) in [5.74, 6) is -11.9. The molecule has 1 fully saturated rings. The highest BCUT2D eigenvalue weighted by Gasteiger charge is 2.33. The fourth-order valence-electron chi connectivity index (χ4n) is 4.20. The molecule has 0 aromatic heterocycles. The smallest absolute Gasteiger partial charge is 0.410 e. The Morgan fingerprint density at radius 2 is 1.61 bits per heavy atom. The predicted molar refractivity (Wildman–Crippen MR) is 150 cm³/mol. The Balaban J connectivity index is 1.61. The molecule has 0 spiro atoms. The number of amides is 2. The summed E-state index contributed by atoms with van der Waals surface area (Å²) in [6.07, 6.45) is -0.915. The minimum absolute atomic E-state index is 0.0227. The van der Waals surface area contributed by atoms with Gasteiger partial charge in [-0.3, -0.25) is 14.4 Å². The molecule has 3 rings (SSSR count). The molecule has 2 amide bonds. The van der Waals surface area contributed by atoms with E-state index in [-0.39, 0.29) is 38.6 Å². The van der Waals surface area contributed by atoms with Crippen molar-refractivity contribution in [3.05, 3.63) is 63.1 Å². The Morgan fingerprint density at radius 1 is 1.00 bits per heavy atom. The molecule has 1 aliphatic rings. The van der Waals surface area contributed by atoms with Crippen molar-refractivity contribution in [1.82, 2.24) is 10.2 Å². The van der Waals surface area contributed by atoms with E-state index in [1.165, 1.54) is 11.0 Å². The molecule has 15 heteroatoms. The van der Waals surface area contributed by atoms with Gasteiger partial charge in [-0.1, -0.05) is 29.3 Å². The molecule has 1 heterocycles. The lowest BCUT2D eigenvalue weighted by Crippen LogP contribution is -2.49. The van der Waals surface area contributed by atoms with Crippen LogP contribution in [0.1, 0.15) is 45.6 Å². The first-order valence-electron chi connectivity index (χ1n) is 13.4. The van der Waals surface area contributed by atoms with Gasteiger partial charge in [0.1, 0.15) is 24.9 Å². The maximum Gasteiger partial charge on any atom is 0.410 e. The number of halogens is 6. The molecule has 0 aliphatic carbocycles. The Hall–Kier alpha value is -3.58. The number of ketones is 1. The van der Waals surface area contributed by atoms with Crippen LogP contribution in [-0.4, -0.2) is 60.0 Å². The minimum Gasteiger partial charge on any atom is -0.479 e. The summed E-state index contributed by atoms with van der Waals surface area (Å²) in [5.41, 5.74) is -0.381. The maximum atomic E-state index is 14.0. The topological polar surface area (TPSA) is 111 Å². The van der Waals surface area contributed by atoms with E-state index in [0.29, 0.717) is 15.6 Å². The van der Waals surface area contributed by atoms with Crippen LogP contribution in [0.2, 0.25) is 10.0 Å². The predicted octanol–water partition coefficient (Wildman–Crippen LogP) is 5.76. The third kappa shape index (κ3) is 9.71. The Kier molecular flexibility index (Phi) is 11.8. The number of piperidine rings is 1. The molecule has 1 atom stereocenters. The Morgan fingerprint density at radius 3 is 2.18 bits per heavy atom. The van der Waals surface area contributed by atoms with Crippen molar-refractivity contribution in [2.45, 2.75) is 58.3 Å². The molecule has 9 nitrogen and oxygen atoms in total. The van der Waals surface area contributed by atoms with Crippen LogP contribution in [0.4, 0.5) is 22.4 Å². The largest absolute Gasteiger partial charge is 0.479 e. The van der Waals surface area contributed by atoms with Crippen molar-refractivity contribution >= 4 is 47.0 Å². The van der Waals surface area contributed by atoms with Gasteiger partial charge >= 0.3 is 12.1 Å². The Labute approximate surface area is 260 Å². The number of Topliss-reactive ketones (excluding diaryl/α,β-unsaturated/α-hetero) is 1. The van der Waals surface area contributed by atoms with Gasteiger partial charge in [0, 0.05) is 40.7 Å². The second-order valence-corrected chi connectivity index (χ2v) is 11.8. The number of nitrogens with zero attached hydrogens (tertiary/aromatic N) is 1. The molecule has 0 saturated carbocycles. The molecular weight excluding hydrogens is 635 g/mol. The lowest BCUT2D eigenvalue weighted by Gasteiger charge is -2.31. The fourth-order valence-corrected chi connectivity index (χ4v) is 4.66. The second-order valence-electron chi connectivity index (χ2n) is 11.0. The molecule has 44 heavy (non-hydrogen) atoms. The van der Waals surface area contributed by atoms with Crippen molar-refractivity contribution in [2.24, 2.45) is 5.92 Å². The molecule has 0 radical (unpaired) electrons. The van der Waals surface area contributed by atoms with Crippen LogP contribution >= 0.6 is 23.2 Å². The number of rotatable bonds is 10. The summed E-state index contributed by atoms with van der Waals surface area (Å²) in [7, 11) is 0. The zero-order valence-electron chi connectivity index (χ0n) is 24.0. The quantitative estimate of drug-likeness (QED) is 0.195. The van der Waals surface area contributed by atoms with Gasteiger partial charge in [0.2, 0.25) is 17.5 Å². The number of esters is 1. The molecule has 1 saturated heterocycles. The van der Waals surface area contributed by atoms with Crippen LogP contribution in [0.3, 0.4) is 0 Å². The summed E-state index contributed by atoms with van der Waals surface area (Å²) in [5, 5.41) is 3.19. The molecular formula is C29H30Cl2F4N2O7. The van der Waals surface area contributed by atoms with E-state index >= 15 is 0 Å². The second kappa shape index (κ2) is 14.9. The third-order valence-electron chi connectivity index (χ3n) is 6.42. The van der Waals surface area contributed by atoms with Crippen LogP contribution < -0.4 is 10.1 Å². The van der Waals surface area contributed by atoms with Crippen molar-refractivity contribution < 1.29 is 51.0 Å². The summed E-state index contributed by atoms with van der Waals surface area (Å²) in [4.78, 5) is 52.4. The number of ether oxygens (including phenoxy) is 3. The van der Waals surface area contributed by atoms with E-state index in [9.17, 15) is 36.7 Å². The summed E-state index contributed by atoms with van der Waals surface area (Å²) in [6.45, 7) is 3.79. The van der Waals surface area contributed by atoms with Gasteiger partial charge < -0.3 is 24.4 Å². The number of benzene rings is 2. The fraction of sp³-hybridized carbons (Fsp3) is 0.448. The molecule has 2 aromatic carbocycles. The highest BCUT2D eigenvalue weighted by Crippen LogP contribution is 2.27. The molecule has 0 bridgehead atoms. The van der Waals surface area contributed by atoms with Crippen molar-refractivity contribution in [2.75, 3.05) is 19.7 Å². The number of carbonyl (C=O) groups excluding carboxylic acids is 4. The standard InChI is InChI=1S/C29H30Cl2F4N2O7/c1-29(2,3)44-23(39)12-21(22(38)14-42-26-24(34)19(32)11-20(33)25(26)35)36-27(40)15-6-8-37(9-7-15)28(41)43-13-16-4-5-17(30)10-18(16)31/h4-5,10-11,15,21H,6-9,12-14H2,1-3H3,(H,36,40)/t21-/m0/s1.